The Balaban J connectivity index is 1.39. The Bertz CT molecular complexity index is 662. The van der Waals surface area contributed by atoms with Gasteiger partial charge in [-0.3, -0.25) is 9.59 Å². The number of aliphatic carboxylic acids is 1. The lowest BCUT2D eigenvalue weighted by Crippen LogP contribution is -2.43. The van der Waals surface area contributed by atoms with Crippen molar-refractivity contribution in [3.05, 3.63) is 21.4 Å². The number of thiophene rings is 1. The number of carboxylic acids is 1. The number of fused-ring (bicyclic) bond motifs is 1. The number of nitrogens with zero attached hydrogens (tertiary/aromatic N) is 1. The predicted molar refractivity (Wildman–Crippen MR) is 95.1 cm³/mol. The van der Waals surface area contributed by atoms with Gasteiger partial charge in [-0.1, -0.05) is 0 Å². The van der Waals surface area contributed by atoms with E-state index in [-0.39, 0.29) is 23.8 Å². The van der Waals surface area contributed by atoms with Crippen molar-refractivity contribution in [2.24, 2.45) is 11.8 Å². The molecule has 2 saturated heterocycles. The van der Waals surface area contributed by atoms with Gasteiger partial charge in [-0.05, 0) is 56.4 Å². The molecule has 5 nitrogen and oxygen atoms in total. The number of aryl methyl sites for hydroxylation is 1. The van der Waals surface area contributed by atoms with Crippen LogP contribution in [0.5, 0.6) is 0 Å². The second kappa shape index (κ2) is 7.08. The van der Waals surface area contributed by atoms with Crippen LogP contribution in [0.4, 0.5) is 0 Å². The van der Waals surface area contributed by atoms with Crippen LogP contribution in [-0.4, -0.2) is 47.7 Å². The van der Waals surface area contributed by atoms with E-state index >= 15 is 0 Å². The third kappa shape index (κ3) is 3.22. The normalized spacial score (nSPS) is 27.3. The topological polar surface area (TPSA) is 66.8 Å². The predicted octanol–water partition coefficient (Wildman–Crippen LogP) is 2.97. The van der Waals surface area contributed by atoms with Crippen molar-refractivity contribution in [3.8, 4) is 0 Å². The lowest BCUT2D eigenvalue weighted by molar-refractivity contribution is -0.145. The van der Waals surface area contributed by atoms with Crippen LogP contribution in [0.2, 0.25) is 0 Å². The van der Waals surface area contributed by atoms with Gasteiger partial charge in [-0.2, -0.15) is 0 Å². The highest BCUT2D eigenvalue weighted by Gasteiger charge is 2.41. The third-order valence-corrected chi connectivity index (χ3v) is 7.12. The molecule has 0 bridgehead atoms. The fourth-order valence-corrected chi connectivity index (χ4v) is 5.73. The number of carboxylic acid groups (broad SMARTS) is 1. The van der Waals surface area contributed by atoms with E-state index < -0.39 is 5.97 Å². The summed E-state index contributed by atoms with van der Waals surface area (Å²) in [6, 6.07) is 0. The Morgan fingerprint density at radius 2 is 1.92 bits per heavy atom. The first-order chi connectivity index (χ1) is 12.1. The number of piperidine rings is 1. The molecule has 0 spiro atoms. The maximum absolute atomic E-state index is 12.9. The molecule has 1 amide bonds. The van der Waals surface area contributed by atoms with Crippen LogP contribution in [-0.2, 0) is 22.4 Å². The highest BCUT2D eigenvalue weighted by atomic mass is 32.1. The van der Waals surface area contributed by atoms with Crippen molar-refractivity contribution in [1.82, 2.24) is 4.90 Å². The maximum atomic E-state index is 12.9. The lowest BCUT2D eigenvalue weighted by Gasteiger charge is -2.35. The second-order valence-corrected chi connectivity index (χ2v) is 8.42. The Morgan fingerprint density at radius 3 is 2.68 bits per heavy atom. The van der Waals surface area contributed by atoms with E-state index in [0.29, 0.717) is 26.1 Å². The zero-order valence-corrected chi connectivity index (χ0v) is 15.2. The van der Waals surface area contributed by atoms with E-state index in [1.807, 2.05) is 10.3 Å². The van der Waals surface area contributed by atoms with Gasteiger partial charge in [0, 0.05) is 30.0 Å². The number of hydrogen-bond acceptors (Lipinski definition) is 4. The molecule has 2 aliphatic heterocycles. The molecule has 1 aliphatic carbocycles. The van der Waals surface area contributed by atoms with E-state index in [4.69, 9.17) is 4.74 Å². The molecule has 136 valence electrons. The monoisotopic (exact) mass is 363 g/mol. The van der Waals surface area contributed by atoms with Gasteiger partial charge in [0.2, 0.25) is 0 Å². The van der Waals surface area contributed by atoms with Gasteiger partial charge in [0.15, 0.2) is 0 Å². The molecular weight excluding hydrogens is 338 g/mol. The first-order valence-corrected chi connectivity index (χ1v) is 10.3. The first-order valence-electron chi connectivity index (χ1n) is 9.38. The van der Waals surface area contributed by atoms with E-state index in [9.17, 15) is 14.7 Å². The Morgan fingerprint density at radius 1 is 1.16 bits per heavy atom. The standard InChI is InChI=1S/C19H25NO4S/c21-18(15-11-25-16-4-2-1-3-13(15)16)20-8-5-12(6-9-20)17-14(19(22)23)7-10-24-17/h11-12,14,17H,1-10H2,(H,22,23)/t14?,17-/m0/s1. The molecule has 0 saturated carbocycles. The Labute approximate surface area is 152 Å². The summed E-state index contributed by atoms with van der Waals surface area (Å²) in [6.45, 7) is 1.96. The van der Waals surface area contributed by atoms with Crippen molar-refractivity contribution < 1.29 is 19.4 Å². The van der Waals surface area contributed by atoms with Crippen molar-refractivity contribution in [1.29, 1.82) is 0 Å². The minimum Gasteiger partial charge on any atom is -0.481 e. The van der Waals surface area contributed by atoms with Gasteiger partial charge in [0.25, 0.3) is 5.91 Å². The molecule has 1 unspecified atom stereocenters. The molecule has 2 fully saturated rings. The van der Waals surface area contributed by atoms with Crippen LogP contribution in [0.3, 0.4) is 0 Å². The van der Waals surface area contributed by atoms with Crippen LogP contribution in [0.25, 0.3) is 0 Å². The zero-order valence-electron chi connectivity index (χ0n) is 14.4. The molecule has 1 aromatic heterocycles. The molecule has 0 aromatic carbocycles. The number of carbonyl (C=O) groups is 2. The molecule has 25 heavy (non-hydrogen) atoms. The van der Waals surface area contributed by atoms with Crippen LogP contribution in [0.1, 0.15) is 52.9 Å². The summed E-state index contributed by atoms with van der Waals surface area (Å²) in [7, 11) is 0. The lowest BCUT2D eigenvalue weighted by atomic mass is 9.84. The Hall–Kier alpha value is -1.40. The van der Waals surface area contributed by atoms with E-state index in [1.165, 1.54) is 23.3 Å². The smallest absolute Gasteiger partial charge is 0.309 e. The zero-order chi connectivity index (χ0) is 17.4. The SMILES string of the molecule is O=C(O)C1CCO[C@H]1C1CCN(C(=O)c2csc3c2CCCC3)CC1. The number of hydrogen-bond donors (Lipinski definition) is 1. The van der Waals surface area contributed by atoms with Crippen molar-refractivity contribution in [3.63, 3.8) is 0 Å². The highest BCUT2D eigenvalue weighted by molar-refractivity contribution is 7.10. The molecule has 1 aromatic rings. The maximum Gasteiger partial charge on any atom is 0.309 e. The molecule has 6 heteroatoms. The molecule has 4 rings (SSSR count). The van der Waals surface area contributed by atoms with Gasteiger partial charge in [-0.25, -0.2) is 0 Å². The summed E-state index contributed by atoms with van der Waals surface area (Å²) >= 11 is 1.74. The van der Waals surface area contributed by atoms with Crippen LogP contribution >= 0.6 is 11.3 Å². The molecule has 0 radical (unpaired) electrons. The minimum atomic E-state index is -0.745. The van der Waals surface area contributed by atoms with E-state index in [2.05, 4.69) is 0 Å². The molecule has 2 atom stereocenters. The van der Waals surface area contributed by atoms with Crippen LogP contribution < -0.4 is 0 Å². The molecule has 3 heterocycles. The number of ether oxygens (including phenoxy) is 1. The summed E-state index contributed by atoms with van der Waals surface area (Å²) in [5.41, 5.74) is 2.20. The van der Waals surface area contributed by atoms with Crippen molar-refractivity contribution in [2.45, 2.75) is 51.0 Å². The minimum absolute atomic E-state index is 0.167. The van der Waals surface area contributed by atoms with Gasteiger partial charge in [0.05, 0.1) is 17.6 Å². The average Bonchev–Trinajstić information content (AvgIpc) is 3.28. The second-order valence-electron chi connectivity index (χ2n) is 7.46. The Kier molecular flexibility index (Phi) is 4.82. The van der Waals surface area contributed by atoms with Crippen LogP contribution in [0, 0.1) is 11.8 Å². The summed E-state index contributed by atoms with van der Waals surface area (Å²) in [5, 5.41) is 11.4. The van der Waals surface area contributed by atoms with Gasteiger partial charge >= 0.3 is 5.97 Å². The molecular formula is C19H25NO4S. The van der Waals surface area contributed by atoms with Gasteiger partial charge in [0.1, 0.15) is 0 Å². The van der Waals surface area contributed by atoms with Crippen molar-refractivity contribution >= 4 is 23.2 Å². The highest BCUT2D eigenvalue weighted by Crippen LogP contribution is 2.35. The van der Waals surface area contributed by atoms with E-state index in [0.717, 1.165) is 31.2 Å². The van der Waals surface area contributed by atoms with Gasteiger partial charge in [-0.15, -0.1) is 11.3 Å². The number of carbonyl (C=O) groups excluding carboxylic acids is 1. The fourth-order valence-electron chi connectivity index (χ4n) is 4.61. The fraction of sp³-hybridized carbons (Fsp3) is 0.684. The summed E-state index contributed by atoms with van der Waals surface area (Å²) in [4.78, 5) is 27.7. The van der Waals surface area contributed by atoms with Crippen molar-refractivity contribution in [2.75, 3.05) is 19.7 Å². The quantitative estimate of drug-likeness (QED) is 0.897. The first kappa shape index (κ1) is 17.0. The summed E-state index contributed by atoms with van der Waals surface area (Å²) in [6.07, 6.45) is 6.68. The molecule has 1 N–H and O–H groups in total. The number of amides is 1. The van der Waals surface area contributed by atoms with Gasteiger partial charge < -0.3 is 14.7 Å². The largest absolute Gasteiger partial charge is 0.481 e. The third-order valence-electron chi connectivity index (χ3n) is 6.04. The number of rotatable bonds is 3. The average molecular weight is 363 g/mol. The van der Waals surface area contributed by atoms with Crippen LogP contribution in [0.15, 0.2) is 5.38 Å². The molecule has 3 aliphatic rings. The van der Waals surface area contributed by atoms with E-state index in [1.54, 1.807) is 11.3 Å². The summed E-state index contributed by atoms with van der Waals surface area (Å²) in [5.74, 6) is -0.703. The summed E-state index contributed by atoms with van der Waals surface area (Å²) < 4.78 is 5.73. The number of likely N-dealkylation sites (tertiary alicyclic amines) is 1.